The lowest BCUT2D eigenvalue weighted by atomic mass is 9.73. The van der Waals surface area contributed by atoms with E-state index in [1.807, 2.05) is 6.92 Å². The summed E-state index contributed by atoms with van der Waals surface area (Å²) in [6, 6.07) is 5.59. The van der Waals surface area contributed by atoms with E-state index in [4.69, 9.17) is 38.9 Å². The molecule has 9 nitrogen and oxygen atoms in total. The van der Waals surface area contributed by atoms with Crippen molar-refractivity contribution in [2.24, 2.45) is 11.1 Å². The molecule has 0 aliphatic heterocycles. The third-order valence-corrected chi connectivity index (χ3v) is 8.14. The van der Waals surface area contributed by atoms with Crippen molar-refractivity contribution in [1.29, 1.82) is 5.26 Å². The number of nitrogens with two attached hydrogens (primary N) is 1. The number of carbonyl (C=O) groups excluding carboxylic acids is 1. The van der Waals surface area contributed by atoms with Crippen LogP contribution in [0.5, 0.6) is 0 Å². The molecule has 0 spiro atoms. The maximum Gasteiger partial charge on any atom is 0.224 e. The van der Waals surface area contributed by atoms with Gasteiger partial charge in [-0.3, -0.25) is 9.36 Å². The predicted octanol–water partition coefficient (Wildman–Crippen LogP) is 5.71. The Bertz CT molecular complexity index is 1330. The van der Waals surface area contributed by atoms with Gasteiger partial charge in [0.15, 0.2) is 5.65 Å². The molecular weight excluding hydrogens is 499 g/mol. The van der Waals surface area contributed by atoms with Crippen LogP contribution >= 0.6 is 23.2 Å². The van der Waals surface area contributed by atoms with E-state index in [0.29, 0.717) is 63.2 Å². The van der Waals surface area contributed by atoms with E-state index in [-0.39, 0.29) is 11.9 Å². The Morgan fingerprint density at radius 2 is 1.83 bits per heavy atom. The zero-order valence-corrected chi connectivity index (χ0v) is 21.5. The number of benzene rings is 1. The van der Waals surface area contributed by atoms with E-state index >= 15 is 0 Å². The highest BCUT2D eigenvalue weighted by Crippen LogP contribution is 2.43. The molecule has 0 bridgehead atoms. The second-order valence-corrected chi connectivity index (χ2v) is 10.9. The van der Waals surface area contributed by atoms with Gasteiger partial charge < -0.3 is 16.4 Å². The number of rotatable bonds is 6. The van der Waals surface area contributed by atoms with Gasteiger partial charge in [0.2, 0.25) is 17.8 Å². The summed E-state index contributed by atoms with van der Waals surface area (Å²) in [6.07, 6.45) is 9.17. The van der Waals surface area contributed by atoms with E-state index < -0.39 is 5.41 Å². The number of hydrogen-bond donors (Lipinski definition) is 3. The molecule has 0 saturated heterocycles. The lowest BCUT2D eigenvalue weighted by Gasteiger charge is -2.35. The van der Waals surface area contributed by atoms with Crippen molar-refractivity contribution in [2.75, 3.05) is 10.6 Å². The van der Waals surface area contributed by atoms with E-state index in [1.165, 1.54) is 12.8 Å². The quantitative estimate of drug-likeness (QED) is 0.374. The molecule has 2 aliphatic rings. The van der Waals surface area contributed by atoms with Gasteiger partial charge in [0.25, 0.3) is 0 Å². The number of fused-ring (bicyclic) bond motifs is 1. The van der Waals surface area contributed by atoms with Crippen LogP contribution in [0, 0.1) is 16.7 Å². The Morgan fingerprint density at radius 1 is 1.17 bits per heavy atom. The Morgan fingerprint density at radius 3 is 2.44 bits per heavy atom. The lowest BCUT2D eigenvalue weighted by molar-refractivity contribution is -0.128. The average Bonchev–Trinajstić information content (AvgIpc) is 3.49. The molecule has 188 valence electrons. The Labute approximate surface area is 219 Å². The first-order valence-electron chi connectivity index (χ1n) is 12.2. The smallest absolute Gasteiger partial charge is 0.224 e. The first kappa shape index (κ1) is 24.6. The van der Waals surface area contributed by atoms with Gasteiger partial charge in [-0.15, -0.1) is 0 Å². The van der Waals surface area contributed by atoms with Crippen molar-refractivity contribution >= 4 is 57.9 Å². The van der Waals surface area contributed by atoms with Gasteiger partial charge in [-0.05, 0) is 50.7 Å². The lowest BCUT2D eigenvalue weighted by Crippen LogP contribution is -2.38. The topological polar surface area (TPSA) is 135 Å². The zero-order chi connectivity index (χ0) is 25.4. The van der Waals surface area contributed by atoms with Crippen molar-refractivity contribution in [3.63, 3.8) is 0 Å². The second kappa shape index (κ2) is 9.75. The highest BCUT2D eigenvalue weighted by atomic mass is 35.5. The number of nitrogens with one attached hydrogen (secondary N) is 2. The minimum Gasteiger partial charge on any atom is -0.369 e. The summed E-state index contributed by atoms with van der Waals surface area (Å²) in [5, 5.41) is 16.6. The maximum absolute atomic E-state index is 12.0. The molecule has 0 atom stereocenters. The van der Waals surface area contributed by atoms with E-state index in [9.17, 15) is 10.1 Å². The van der Waals surface area contributed by atoms with Gasteiger partial charge >= 0.3 is 0 Å². The van der Waals surface area contributed by atoms with Gasteiger partial charge in [0.05, 0.1) is 33.6 Å². The molecule has 2 aliphatic carbocycles. The fourth-order valence-corrected chi connectivity index (χ4v) is 5.84. The standard InChI is InChI=1S/C25H28Cl2N8O/c1-25(22(29)36)8-6-16(7-9-25)35-21-19(13-30-23(34-21)31-15-4-2-3-5-15)32-24(35)33-20-17(26)10-14(12-28)11-18(20)27/h10-11,13,15-16H,2-9H2,1H3,(H2,29,36)(H,32,33)(H,30,31,34). The molecule has 2 fully saturated rings. The molecule has 36 heavy (non-hydrogen) atoms. The van der Waals surface area contributed by atoms with Crippen LogP contribution in [0.3, 0.4) is 0 Å². The van der Waals surface area contributed by atoms with Crippen LogP contribution in [0.1, 0.15) is 69.9 Å². The van der Waals surface area contributed by atoms with Crippen LogP contribution in [0.4, 0.5) is 17.6 Å². The summed E-state index contributed by atoms with van der Waals surface area (Å²) >= 11 is 12.9. The van der Waals surface area contributed by atoms with E-state index in [0.717, 1.165) is 25.7 Å². The molecule has 4 N–H and O–H groups in total. The molecule has 0 radical (unpaired) electrons. The van der Waals surface area contributed by atoms with Gasteiger partial charge in [-0.25, -0.2) is 9.97 Å². The fraction of sp³-hybridized carbons (Fsp3) is 0.480. The third kappa shape index (κ3) is 4.67. The number of nitriles is 1. The highest BCUT2D eigenvalue weighted by Gasteiger charge is 2.37. The number of halogens is 2. The Hall–Kier alpha value is -3.09. The molecular formula is C25H28Cl2N8O. The first-order valence-corrected chi connectivity index (χ1v) is 13.0. The van der Waals surface area contributed by atoms with Crippen molar-refractivity contribution in [3.8, 4) is 6.07 Å². The van der Waals surface area contributed by atoms with Crippen LogP contribution in [-0.2, 0) is 4.79 Å². The van der Waals surface area contributed by atoms with Gasteiger partial charge in [0, 0.05) is 17.5 Å². The van der Waals surface area contributed by atoms with Crippen LogP contribution < -0.4 is 16.4 Å². The van der Waals surface area contributed by atoms with Gasteiger partial charge in [-0.1, -0.05) is 43.0 Å². The largest absolute Gasteiger partial charge is 0.369 e. The molecule has 0 unspecified atom stereocenters. The number of carbonyl (C=O) groups is 1. The highest BCUT2D eigenvalue weighted by molar-refractivity contribution is 6.39. The summed E-state index contributed by atoms with van der Waals surface area (Å²) in [6.45, 7) is 1.93. The summed E-state index contributed by atoms with van der Waals surface area (Å²) in [5.74, 6) is 0.837. The van der Waals surface area contributed by atoms with Crippen molar-refractivity contribution in [1.82, 2.24) is 19.5 Å². The number of anilines is 3. The van der Waals surface area contributed by atoms with Crippen molar-refractivity contribution in [2.45, 2.75) is 70.4 Å². The number of primary amides is 1. The molecule has 2 aromatic heterocycles. The minimum atomic E-state index is -0.523. The third-order valence-electron chi connectivity index (χ3n) is 7.55. The van der Waals surface area contributed by atoms with Gasteiger partial charge in [-0.2, -0.15) is 10.2 Å². The molecule has 1 amide bonds. The molecule has 1 aromatic carbocycles. The maximum atomic E-state index is 12.0. The molecule has 5 rings (SSSR count). The minimum absolute atomic E-state index is 0.0371. The number of nitrogens with zero attached hydrogens (tertiary/aromatic N) is 5. The van der Waals surface area contributed by atoms with E-state index in [2.05, 4.69) is 26.3 Å². The molecule has 11 heteroatoms. The Balaban J connectivity index is 1.55. The van der Waals surface area contributed by atoms with Crippen LogP contribution in [0.15, 0.2) is 18.3 Å². The Kier molecular flexibility index (Phi) is 6.66. The second-order valence-electron chi connectivity index (χ2n) is 10.0. The number of imidazole rings is 1. The number of hydrogen-bond acceptors (Lipinski definition) is 7. The number of amides is 1. The molecule has 2 saturated carbocycles. The van der Waals surface area contributed by atoms with Crippen LogP contribution in [-0.4, -0.2) is 31.5 Å². The van der Waals surface area contributed by atoms with Gasteiger partial charge in [0.1, 0.15) is 5.52 Å². The zero-order valence-electron chi connectivity index (χ0n) is 20.0. The van der Waals surface area contributed by atoms with Crippen molar-refractivity contribution in [3.05, 3.63) is 33.9 Å². The SMILES string of the molecule is CC1(C(N)=O)CCC(n2c(Nc3c(Cl)cc(C#N)cc3Cl)nc3cnc(NC4CCCC4)nc32)CC1. The molecule has 3 aromatic rings. The summed E-state index contributed by atoms with van der Waals surface area (Å²) < 4.78 is 2.06. The van der Waals surface area contributed by atoms with Crippen molar-refractivity contribution < 1.29 is 4.79 Å². The first-order chi connectivity index (χ1) is 17.3. The summed E-state index contributed by atoms with van der Waals surface area (Å²) in [5.41, 5.74) is 7.33. The number of aromatic nitrogens is 4. The summed E-state index contributed by atoms with van der Waals surface area (Å²) in [4.78, 5) is 26.2. The average molecular weight is 527 g/mol. The van der Waals surface area contributed by atoms with Crippen LogP contribution in [0.2, 0.25) is 10.0 Å². The molecule has 2 heterocycles. The summed E-state index contributed by atoms with van der Waals surface area (Å²) in [7, 11) is 0. The monoisotopic (exact) mass is 526 g/mol. The van der Waals surface area contributed by atoms with E-state index in [1.54, 1.807) is 18.3 Å². The fourth-order valence-electron chi connectivity index (χ4n) is 5.26. The van der Waals surface area contributed by atoms with Crippen LogP contribution in [0.25, 0.3) is 11.2 Å². The normalized spacial score (nSPS) is 22.4. The predicted molar refractivity (Wildman–Crippen MR) is 140 cm³/mol.